The Bertz CT molecular complexity index is 893. The smallest absolute Gasteiger partial charge is 0.306 e. The summed E-state index contributed by atoms with van der Waals surface area (Å²) in [5.41, 5.74) is 0.331. The summed E-state index contributed by atoms with van der Waals surface area (Å²) >= 11 is 0. The van der Waals surface area contributed by atoms with Crippen LogP contribution in [0.25, 0.3) is 11.3 Å². The van der Waals surface area contributed by atoms with E-state index in [0.717, 1.165) is 12.8 Å². The van der Waals surface area contributed by atoms with E-state index >= 15 is 0 Å². The Morgan fingerprint density at radius 2 is 2.19 bits per heavy atom. The van der Waals surface area contributed by atoms with E-state index in [1.54, 1.807) is 22.9 Å². The predicted molar refractivity (Wildman–Crippen MR) is 92.7 cm³/mol. The number of tetrazole rings is 1. The molecule has 0 aliphatic heterocycles. The largest absolute Gasteiger partial charge is 0.457 e. The highest BCUT2D eigenvalue weighted by Gasteiger charge is 2.13. The van der Waals surface area contributed by atoms with E-state index in [9.17, 15) is 9.18 Å². The third-order valence-electron chi connectivity index (χ3n) is 3.93. The fourth-order valence-corrected chi connectivity index (χ4v) is 2.45. The zero-order valence-corrected chi connectivity index (χ0v) is 15.0. The zero-order chi connectivity index (χ0) is 19.1. The minimum atomic E-state index is -0.411. The number of oxazole rings is 1. The lowest BCUT2D eigenvalue weighted by Gasteiger charge is -2.05. The Hall–Kier alpha value is -3.10. The average Bonchev–Trinajstić information content (AvgIpc) is 3.32. The van der Waals surface area contributed by atoms with Crippen LogP contribution in [0.4, 0.5) is 4.39 Å². The average molecular weight is 373 g/mol. The van der Waals surface area contributed by atoms with Crippen molar-refractivity contribution in [3.63, 3.8) is 0 Å². The van der Waals surface area contributed by atoms with Gasteiger partial charge in [0, 0.05) is 13.0 Å². The summed E-state index contributed by atoms with van der Waals surface area (Å²) in [6.07, 6.45) is 3.76. The summed E-state index contributed by atoms with van der Waals surface area (Å²) < 4.78 is 26.1. The van der Waals surface area contributed by atoms with Gasteiger partial charge in [-0.15, -0.1) is 5.10 Å². The van der Waals surface area contributed by atoms with Crippen LogP contribution in [0.2, 0.25) is 0 Å². The standard InChI is InChI=1S/C18H20FN5O3/c1-2-3-10-24-16(21-22-23-24)12-26-18(25)9-8-17-20-11-15(27-17)13-6-4-5-7-14(13)19/h4-7,11H,2-3,8-10,12H2,1H3. The SMILES string of the molecule is CCCCn1nnnc1COC(=O)CCc1ncc(-c2ccccc2F)o1. The molecule has 0 spiro atoms. The molecule has 0 amide bonds. The molecule has 3 aromatic rings. The lowest BCUT2D eigenvalue weighted by atomic mass is 10.2. The van der Waals surface area contributed by atoms with E-state index in [2.05, 4.69) is 27.4 Å². The Kier molecular flexibility index (Phi) is 6.24. The number of carbonyl (C=O) groups is 1. The predicted octanol–water partition coefficient (Wildman–Crippen LogP) is 2.94. The van der Waals surface area contributed by atoms with Gasteiger partial charge in [0.1, 0.15) is 5.82 Å². The molecular weight excluding hydrogens is 353 g/mol. The number of ether oxygens (including phenoxy) is 1. The van der Waals surface area contributed by atoms with Crippen LogP contribution in [0.1, 0.15) is 37.9 Å². The molecule has 1 aromatic carbocycles. The van der Waals surface area contributed by atoms with E-state index in [0.29, 0.717) is 29.6 Å². The Balaban J connectivity index is 1.49. The van der Waals surface area contributed by atoms with E-state index in [1.807, 2.05) is 0 Å². The lowest BCUT2D eigenvalue weighted by Crippen LogP contribution is -2.11. The number of unbranched alkanes of at least 4 members (excludes halogenated alkanes) is 1. The fraction of sp³-hybridized carbons (Fsp3) is 0.389. The van der Waals surface area contributed by atoms with Gasteiger partial charge in [-0.1, -0.05) is 25.5 Å². The topological polar surface area (TPSA) is 95.9 Å². The minimum Gasteiger partial charge on any atom is -0.457 e. The number of benzene rings is 1. The number of aromatic nitrogens is 5. The molecule has 0 aliphatic carbocycles. The van der Waals surface area contributed by atoms with Gasteiger partial charge in [-0.3, -0.25) is 4.79 Å². The van der Waals surface area contributed by atoms with Gasteiger partial charge in [0.15, 0.2) is 24.1 Å². The van der Waals surface area contributed by atoms with Gasteiger partial charge in [0.25, 0.3) is 0 Å². The summed E-state index contributed by atoms with van der Waals surface area (Å²) in [5.74, 6) is 0.380. The molecule has 3 rings (SSSR count). The quantitative estimate of drug-likeness (QED) is 0.532. The molecule has 0 fully saturated rings. The van der Waals surface area contributed by atoms with Gasteiger partial charge < -0.3 is 9.15 Å². The van der Waals surface area contributed by atoms with Crippen LogP contribution in [0, 0.1) is 5.82 Å². The third-order valence-corrected chi connectivity index (χ3v) is 3.93. The summed E-state index contributed by atoms with van der Waals surface area (Å²) in [6, 6.07) is 6.27. The number of aryl methyl sites for hydroxylation is 2. The van der Waals surface area contributed by atoms with Crippen LogP contribution in [0.15, 0.2) is 34.9 Å². The molecule has 0 unspecified atom stereocenters. The van der Waals surface area contributed by atoms with Crippen LogP contribution < -0.4 is 0 Å². The summed E-state index contributed by atoms with van der Waals surface area (Å²) in [6.45, 7) is 2.78. The first-order valence-electron chi connectivity index (χ1n) is 8.77. The number of halogens is 1. The fourth-order valence-electron chi connectivity index (χ4n) is 2.45. The first kappa shape index (κ1) is 18.7. The lowest BCUT2D eigenvalue weighted by molar-refractivity contribution is -0.145. The molecule has 8 nitrogen and oxygen atoms in total. The molecule has 142 valence electrons. The van der Waals surface area contributed by atoms with Crippen molar-refractivity contribution < 1.29 is 18.3 Å². The van der Waals surface area contributed by atoms with Gasteiger partial charge in [-0.25, -0.2) is 14.1 Å². The van der Waals surface area contributed by atoms with Gasteiger partial charge in [-0.2, -0.15) is 0 Å². The number of nitrogens with zero attached hydrogens (tertiary/aromatic N) is 5. The van der Waals surface area contributed by atoms with Crippen molar-refractivity contribution >= 4 is 5.97 Å². The molecule has 9 heteroatoms. The van der Waals surface area contributed by atoms with Crippen LogP contribution in [0.3, 0.4) is 0 Å². The van der Waals surface area contributed by atoms with Crippen LogP contribution in [0.5, 0.6) is 0 Å². The summed E-state index contributed by atoms with van der Waals surface area (Å²) in [5, 5.41) is 11.3. The van der Waals surface area contributed by atoms with E-state index in [-0.39, 0.29) is 25.3 Å². The second-order valence-electron chi connectivity index (χ2n) is 5.93. The molecule has 0 atom stereocenters. The van der Waals surface area contributed by atoms with E-state index in [1.165, 1.54) is 12.3 Å². The number of rotatable bonds is 9. The van der Waals surface area contributed by atoms with E-state index < -0.39 is 5.97 Å². The normalized spacial score (nSPS) is 10.9. The van der Waals surface area contributed by atoms with Crippen molar-refractivity contribution in [1.29, 1.82) is 0 Å². The molecule has 0 bridgehead atoms. The van der Waals surface area contributed by atoms with E-state index in [4.69, 9.17) is 9.15 Å². The van der Waals surface area contributed by atoms with Crippen molar-refractivity contribution in [2.45, 2.75) is 45.8 Å². The highest BCUT2D eigenvalue weighted by molar-refractivity contribution is 5.69. The van der Waals surface area contributed by atoms with Crippen molar-refractivity contribution in [2.75, 3.05) is 0 Å². The molecule has 2 aromatic heterocycles. The monoisotopic (exact) mass is 373 g/mol. The van der Waals surface area contributed by atoms with Crippen LogP contribution in [-0.2, 0) is 29.1 Å². The van der Waals surface area contributed by atoms with Crippen LogP contribution in [-0.4, -0.2) is 31.2 Å². The Labute approximate surface area is 155 Å². The highest BCUT2D eigenvalue weighted by atomic mass is 19.1. The molecule has 27 heavy (non-hydrogen) atoms. The maximum absolute atomic E-state index is 13.8. The first-order valence-corrected chi connectivity index (χ1v) is 8.77. The van der Waals surface area contributed by atoms with Gasteiger partial charge in [-0.05, 0) is 29.0 Å². The summed E-state index contributed by atoms with van der Waals surface area (Å²) in [7, 11) is 0. The van der Waals surface area contributed by atoms with Gasteiger partial charge in [0.2, 0.25) is 0 Å². The van der Waals surface area contributed by atoms with Crippen LogP contribution >= 0.6 is 0 Å². The Morgan fingerprint density at radius 1 is 1.33 bits per heavy atom. The third kappa shape index (κ3) is 4.96. The molecule has 0 saturated carbocycles. The molecular formula is C18H20FN5O3. The first-order chi connectivity index (χ1) is 13.2. The van der Waals surface area contributed by atoms with Gasteiger partial charge >= 0.3 is 5.97 Å². The maximum atomic E-state index is 13.8. The molecule has 2 heterocycles. The zero-order valence-electron chi connectivity index (χ0n) is 15.0. The second kappa shape index (κ2) is 9.02. The Morgan fingerprint density at radius 3 is 3.00 bits per heavy atom. The maximum Gasteiger partial charge on any atom is 0.306 e. The van der Waals surface area contributed by atoms with Crippen molar-refractivity contribution in [2.24, 2.45) is 0 Å². The molecule has 0 aliphatic rings. The molecule has 0 saturated heterocycles. The number of hydrogen-bond acceptors (Lipinski definition) is 7. The second-order valence-corrected chi connectivity index (χ2v) is 5.93. The van der Waals surface area contributed by atoms with Crippen molar-refractivity contribution in [3.05, 3.63) is 48.0 Å². The molecule has 0 N–H and O–H groups in total. The molecule has 0 radical (unpaired) electrons. The number of carbonyl (C=O) groups excluding carboxylic acids is 1. The van der Waals surface area contributed by atoms with Crippen molar-refractivity contribution in [3.8, 4) is 11.3 Å². The van der Waals surface area contributed by atoms with Gasteiger partial charge in [0.05, 0.1) is 18.2 Å². The number of hydrogen-bond donors (Lipinski definition) is 0. The highest BCUT2D eigenvalue weighted by Crippen LogP contribution is 2.23. The number of esters is 1. The summed E-state index contributed by atoms with van der Waals surface area (Å²) in [4.78, 5) is 16.0. The van der Waals surface area contributed by atoms with Crippen molar-refractivity contribution in [1.82, 2.24) is 25.2 Å². The minimum absolute atomic E-state index is 0.0155.